The molecule has 1 unspecified atom stereocenters. The number of aryl methyl sites for hydroxylation is 1. The molecule has 0 aliphatic heterocycles. The van der Waals surface area contributed by atoms with Gasteiger partial charge in [0.1, 0.15) is 5.75 Å². The van der Waals surface area contributed by atoms with Crippen LogP contribution in [0.1, 0.15) is 36.9 Å². The van der Waals surface area contributed by atoms with Crippen molar-refractivity contribution in [1.29, 1.82) is 0 Å². The van der Waals surface area contributed by atoms with E-state index in [0.717, 1.165) is 42.0 Å². The molecule has 1 amide bonds. The number of nitrogens with one attached hydrogen (secondary N) is 2. The van der Waals surface area contributed by atoms with Crippen molar-refractivity contribution in [2.24, 2.45) is 0 Å². The highest BCUT2D eigenvalue weighted by molar-refractivity contribution is 6.30. The van der Waals surface area contributed by atoms with Crippen molar-refractivity contribution in [2.45, 2.75) is 32.2 Å². The van der Waals surface area contributed by atoms with Gasteiger partial charge in [-0.25, -0.2) is 0 Å². The van der Waals surface area contributed by atoms with E-state index in [1.54, 1.807) is 0 Å². The van der Waals surface area contributed by atoms with E-state index in [1.807, 2.05) is 72.8 Å². The highest BCUT2D eigenvalue weighted by Crippen LogP contribution is 2.36. The molecule has 5 heteroatoms. The number of ether oxygens (including phenoxy) is 1. The number of amides is 1. The summed E-state index contributed by atoms with van der Waals surface area (Å²) in [6.45, 7) is 1.53. The first-order valence-electron chi connectivity index (χ1n) is 11.8. The SMILES string of the molecule is CC(=O)Nc1ccccc1C(CCCc1ccccc1)Nc1ccccc1Oc1ccc(Cl)cc1. The van der Waals surface area contributed by atoms with Gasteiger partial charge in [0.05, 0.1) is 11.7 Å². The molecule has 4 rings (SSSR count). The van der Waals surface area contributed by atoms with Crippen LogP contribution in [0.25, 0.3) is 0 Å². The molecule has 2 N–H and O–H groups in total. The molecule has 4 aromatic rings. The lowest BCUT2D eigenvalue weighted by atomic mass is 9.97. The zero-order valence-corrected chi connectivity index (χ0v) is 20.5. The first-order valence-corrected chi connectivity index (χ1v) is 12.2. The molecule has 4 nitrogen and oxygen atoms in total. The fourth-order valence-corrected chi connectivity index (χ4v) is 4.18. The quantitative estimate of drug-likeness (QED) is 0.238. The summed E-state index contributed by atoms with van der Waals surface area (Å²) in [6.07, 6.45) is 2.83. The molecular weight excluding hydrogens is 456 g/mol. The van der Waals surface area contributed by atoms with E-state index in [9.17, 15) is 4.79 Å². The maximum atomic E-state index is 11.9. The summed E-state index contributed by atoms with van der Waals surface area (Å²) in [5.74, 6) is 1.34. The van der Waals surface area contributed by atoms with Crippen LogP contribution in [0.3, 0.4) is 0 Å². The van der Waals surface area contributed by atoms with Gasteiger partial charge in [-0.15, -0.1) is 0 Å². The maximum absolute atomic E-state index is 11.9. The van der Waals surface area contributed by atoms with Crippen molar-refractivity contribution in [3.63, 3.8) is 0 Å². The van der Waals surface area contributed by atoms with Crippen molar-refractivity contribution in [2.75, 3.05) is 10.6 Å². The van der Waals surface area contributed by atoms with Gasteiger partial charge < -0.3 is 15.4 Å². The van der Waals surface area contributed by atoms with Gasteiger partial charge in [0.15, 0.2) is 5.75 Å². The Morgan fingerprint density at radius 2 is 1.49 bits per heavy atom. The minimum Gasteiger partial charge on any atom is -0.455 e. The highest BCUT2D eigenvalue weighted by atomic mass is 35.5. The summed E-state index contributed by atoms with van der Waals surface area (Å²) in [7, 11) is 0. The topological polar surface area (TPSA) is 50.4 Å². The standard InChI is InChI=1S/C30H29ClN2O2/c1-22(34)32-27-14-6-5-13-26(27)28(16-9-12-23-10-3-2-4-11-23)33-29-15-7-8-17-30(29)35-25-20-18-24(31)19-21-25/h2-8,10-11,13-15,17-21,28,33H,9,12,16H2,1H3,(H,32,34). The third-order valence-corrected chi connectivity index (χ3v) is 5.96. The summed E-state index contributed by atoms with van der Waals surface area (Å²) >= 11 is 6.03. The van der Waals surface area contributed by atoms with E-state index in [2.05, 4.69) is 41.0 Å². The van der Waals surface area contributed by atoms with E-state index in [4.69, 9.17) is 16.3 Å². The zero-order chi connectivity index (χ0) is 24.5. The van der Waals surface area contributed by atoms with Crippen molar-refractivity contribution in [3.8, 4) is 11.5 Å². The second kappa shape index (κ2) is 12.1. The number of anilines is 2. The summed E-state index contributed by atoms with van der Waals surface area (Å²) in [5, 5.41) is 7.34. The first-order chi connectivity index (χ1) is 17.1. The molecule has 4 aromatic carbocycles. The normalized spacial score (nSPS) is 11.5. The molecule has 0 spiro atoms. The Bertz CT molecular complexity index is 1240. The molecule has 0 radical (unpaired) electrons. The van der Waals surface area contributed by atoms with Crippen LogP contribution in [-0.4, -0.2) is 5.91 Å². The Morgan fingerprint density at radius 1 is 0.829 bits per heavy atom. The lowest BCUT2D eigenvalue weighted by molar-refractivity contribution is -0.114. The lowest BCUT2D eigenvalue weighted by Crippen LogP contribution is -2.16. The molecule has 0 aliphatic rings. The molecule has 178 valence electrons. The fourth-order valence-electron chi connectivity index (χ4n) is 4.06. The Labute approximate surface area is 211 Å². The van der Waals surface area contributed by atoms with Crippen LogP contribution < -0.4 is 15.4 Å². The molecule has 0 bridgehead atoms. The molecular formula is C30H29ClN2O2. The number of carbonyl (C=O) groups is 1. The summed E-state index contributed by atoms with van der Waals surface area (Å²) in [5.41, 5.74) is 4.04. The minimum atomic E-state index is -0.0908. The molecule has 0 aromatic heterocycles. The van der Waals surface area contributed by atoms with Gasteiger partial charge >= 0.3 is 0 Å². The lowest BCUT2D eigenvalue weighted by Gasteiger charge is -2.24. The maximum Gasteiger partial charge on any atom is 0.221 e. The van der Waals surface area contributed by atoms with Crippen LogP contribution in [-0.2, 0) is 11.2 Å². The molecule has 0 saturated carbocycles. The largest absolute Gasteiger partial charge is 0.455 e. The highest BCUT2D eigenvalue weighted by Gasteiger charge is 2.18. The van der Waals surface area contributed by atoms with Crippen LogP contribution in [0, 0.1) is 0 Å². The molecule has 0 heterocycles. The number of hydrogen-bond donors (Lipinski definition) is 2. The van der Waals surface area contributed by atoms with Crippen molar-refractivity contribution in [3.05, 3.63) is 119 Å². The van der Waals surface area contributed by atoms with Crippen molar-refractivity contribution < 1.29 is 9.53 Å². The summed E-state index contributed by atoms with van der Waals surface area (Å²) in [6, 6.07) is 33.6. The molecule has 0 aliphatic carbocycles. The fraction of sp³-hybridized carbons (Fsp3) is 0.167. The average molecular weight is 485 g/mol. The number of hydrogen-bond acceptors (Lipinski definition) is 3. The second-order valence-electron chi connectivity index (χ2n) is 8.40. The number of para-hydroxylation sites is 3. The zero-order valence-electron chi connectivity index (χ0n) is 19.7. The predicted molar refractivity (Wildman–Crippen MR) is 144 cm³/mol. The van der Waals surface area contributed by atoms with Crippen LogP contribution in [0.15, 0.2) is 103 Å². The van der Waals surface area contributed by atoms with Gasteiger partial charge in [-0.2, -0.15) is 0 Å². The predicted octanol–water partition coefficient (Wildman–Crippen LogP) is 8.27. The number of carbonyl (C=O) groups excluding carboxylic acids is 1. The van der Waals surface area contributed by atoms with Crippen LogP contribution in [0.4, 0.5) is 11.4 Å². The van der Waals surface area contributed by atoms with E-state index < -0.39 is 0 Å². The van der Waals surface area contributed by atoms with E-state index in [1.165, 1.54) is 12.5 Å². The number of rotatable bonds is 10. The van der Waals surface area contributed by atoms with Gasteiger partial charge in [-0.1, -0.05) is 72.3 Å². The van der Waals surface area contributed by atoms with Crippen LogP contribution >= 0.6 is 11.6 Å². The Kier molecular flexibility index (Phi) is 8.42. The summed E-state index contributed by atoms with van der Waals surface area (Å²) < 4.78 is 6.18. The monoisotopic (exact) mass is 484 g/mol. The minimum absolute atomic E-state index is 0.0308. The van der Waals surface area contributed by atoms with Gasteiger partial charge in [0, 0.05) is 17.6 Å². The number of halogens is 1. The van der Waals surface area contributed by atoms with Crippen molar-refractivity contribution in [1.82, 2.24) is 0 Å². The molecule has 0 saturated heterocycles. The van der Waals surface area contributed by atoms with Crippen LogP contribution in [0.5, 0.6) is 11.5 Å². The van der Waals surface area contributed by atoms with Gasteiger partial charge in [-0.05, 0) is 72.9 Å². The van der Waals surface area contributed by atoms with E-state index >= 15 is 0 Å². The van der Waals surface area contributed by atoms with Gasteiger partial charge in [0.2, 0.25) is 5.91 Å². The van der Waals surface area contributed by atoms with Gasteiger partial charge in [0.25, 0.3) is 0 Å². The van der Waals surface area contributed by atoms with Gasteiger partial charge in [-0.3, -0.25) is 4.79 Å². The Balaban J connectivity index is 1.59. The van der Waals surface area contributed by atoms with E-state index in [-0.39, 0.29) is 11.9 Å². The Hall–Kier alpha value is -3.76. The number of benzene rings is 4. The molecule has 1 atom stereocenters. The second-order valence-corrected chi connectivity index (χ2v) is 8.83. The first kappa shape index (κ1) is 24.4. The molecule has 0 fully saturated rings. The average Bonchev–Trinajstić information content (AvgIpc) is 2.86. The van der Waals surface area contributed by atoms with Crippen LogP contribution in [0.2, 0.25) is 5.02 Å². The summed E-state index contributed by atoms with van der Waals surface area (Å²) in [4.78, 5) is 11.9. The smallest absolute Gasteiger partial charge is 0.221 e. The van der Waals surface area contributed by atoms with E-state index in [0.29, 0.717) is 10.8 Å². The molecule has 35 heavy (non-hydrogen) atoms. The third-order valence-electron chi connectivity index (χ3n) is 5.71. The Morgan fingerprint density at radius 3 is 2.23 bits per heavy atom. The van der Waals surface area contributed by atoms with Crippen molar-refractivity contribution >= 4 is 28.9 Å². The third kappa shape index (κ3) is 7.11.